The average Bonchev–Trinajstić information content (AvgIpc) is 2.85. The van der Waals surface area contributed by atoms with Crippen LogP contribution in [0, 0.1) is 17.5 Å². The number of aromatic hydroxyl groups is 1. The number of phenolic OH excluding ortho intramolecular Hbond substituents is 1. The van der Waals surface area contributed by atoms with Gasteiger partial charge in [-0.1, -0.05) is 36.4 Å². The van der Waals surface area contributed by atoms with Crippen molar-refractivity contribution in [2.75, 3.05) is 6.61 Å². The van der Waals surface area contributed by atoms with Crippen LogP contribution in [0.5, 0.6) is 5.75 Å². The molecule has 6 heteroatoms. The molecule has 0 amide bonds. The molecule has 0 spiro atoms. The van der Waals surface area contributed by atoms with E-state index >= 15 is 0 Å². The summed E-state index contributed by atoms with van der Waals surface area (Å²) >= 11 is 0. The molecule has 3 aromatic carbocycles. The van der Waals surface area contributed by atoms with Crippen LogP contribution in [0.2, 0.25) is 0 Å². The third kappa shape index (κ3) is 5.62. The summed E-state index contributed by atoms with van der Waals surface area (Å²) in [7, 11) is 0. The third-order valence-corrected chi connectivity index (χ3v) is 6.47. The summed E-state index contributed by atoms with van der Waals surface area (Å²) < 4.78 is 55.3. The van der Waals surface area contributed by atoms with Crippen LogP contribution in [-0.4, -0.2) is 17.8 Å². The van der Waals surface area contributed by atoms with Crippen molar-refractivity contribution in [3.05, 3.63) is 88.7 Å². The maximum absolute atomic E-state index is 14.9. The lowest BCUT2D eigenvalue weighted by molar-refractivity contribution is 0.0118. The molecule has 1 N–H and O–H groups in total. The van der Waals surface area contributed by atoms with Gasteiger partial charge in [0, 0.05) is 17.7 Å². The first-order valence-electron chi connectivity index (χ1n) is 11.7. The van der Waals surface area contributed by atoms with Gasteiger partial charge in [-0.15, -0.1) is 0 Å². The molecule has 180 valence electrons. The molecule has 3 aromatic rings. The highest BCUT2D eigenvalue weighted by Gasteiger charge is 2.27. The summed E-state index contributed by atoms with van der Waals surface area (Å²) in [6.07, 6.45) is 2.72. The lowest BCUT2D eigenvalue weighted by Gasteiger charge is -2.29. The van der Waals surface area contributed by atoms with Crippen molar-refractivity contribution in [1.29, 1.82) is 0 Å². The van der Waals surface area contributed by atoms with E-state index in [1.54, 1.807) is 30.3 Å². The molecule has 0 bridgehead atoms. The van der Waals surface area contributed by atoms with Crippen LogP contribution >= 0.6 is 0 Å². The predicted molar refractivity (Wildman–Crippen MR) is 125 cm³/mol. The van der Waals surface area contributed by atoms with Gasteiger partial charge in [-0.25, -0.2) is 13.2 Å². The number of ether oxygens (including phenoxy) is 2. The van der Waals surface area contributed by atoms with Gasteiger partial charge in [-0.3, -0.25) is 0 Å². The highest BCUT2D eigenvalue weighted by Crippen LogP contribution is 2.38. The van der Waals surface area contributed by atoms with Crippen LogP contribution < -0.4 is 0 Å². The van der Waals surface area contributed by atoms with E-state index in [0.29, 0.717) is 55.6 Å². The third-order valence-electron chi connectivity index (χ3n) is 6.47. The molecule has 1 fully saturated rings. The Hall–Kier alpha value is -2.83. The number of halogens is 3. The Kier molecular flexibility index (Phi) is 7.91. The van der Waals surface area contributed by atoms with Gasteiger partial charge in [-0.05, 0) is 73.4 Å². The lowest BCUT2D eigenvalue weighted by atomic mass is 9.82. The number of phenols is 1. The second-order valence-corrected chi connectivity index (χ2v) is 8.72. The van der Waals surface area contributed by atoms with Crippen LogP contribution in [0.1, 0.15) is 55.2 Å². The lowest BCUT2D eigenvalue weighted by Crippen LogP contribution is -2.21. The maximum Gasteiger partial charge on any atom is 0.166 e. The van der Waals surface area contributed by atoms with Crippen molar-refractivity contribution in [1.82, 2.24) is 0 Å². The Labute approximate surface area is 198 Å². The van der Waals surface area contributed by atoms with Crippen molar-refractivity contribution >= 4 is 0 Å². The van der Waals surface area contributed by atoms with Gasteiger partial charge in [0.25, 0.3) is 0 Å². The number of rotatable bonds is 8. The van der Waals surface area contributed by atoms with Gasteiger partial charge in [0.05, 0.1) is 19.3 Å². The SMILES string of the molecule is CCOCc1ccc(COC2CCC(c3ccc(-c4ccc(O)cc4)c(F)c3F)CC2)c(F)c1. The quantitative estimate of drug-likeness (QED) is 0.377. The first kappa shape index (κ1) is 24.3. The topological polar surface area (TPSA) is 38.7 Å². The highest BCUT2D eigenvalue weighted by molar-refractivity contribution is 5.65. The summed E-state index contributed by atoms with van der Waals surface area (Å²) in [6, 6.07) is 14.3. The monoisotopic (exact) mass is 470 g/mol. The Morgan fingerprint density at radius 1 is 0.853 bits per heavy atom. The van der Waals surface area contributed by atoms with Crippen molar-refractivity contribution < 1.29 is 27.8 Å². The molecule has 4 rings (SSSR count). The first-order chi connectivity index (χ1) is 16.5. The molecule has 0 aliphatic heterocycles. The Balaban J connectivity index is 1.34. The molecular formula is C28H29F3O3. The van der Waals surface area contributed by atoms with Gasteiger partial charge in [0.2, 0.25) is 0 Å². The summed E-state index contributed by atoms with van der Waals surface area (Å²) in [5.41, 5.74) is 2.35. The van der Waals surface area contributed by atoms with E-state index in [1.807, 2.05) is 13.0 Å². The molecule has 0 radical (unpaired) electrons. The van der Waals surface area contributed by atoms with Gasteiger partial charge >= 0.3 is 0 Å². The fourth-order valence-electron chi connectivity index (χ4n) is 4.51. The molecule has 3 nitrogen and oxygen atoms in total. The Bertz CT molecular complexity index is 1110. The van der Waals surface area contributed by atoms with Gasteiger partial charge in [0.1, 0.15) is 11.6 Å². The summed E-state index contributed by atoms with van der Waals surface area (Å²) in [4.78, 5) is 0. The largest absolute Gasteiger partial charge is 0.508 e. The van der Waals surface area contributed by atoms with E-state index < -0.39 is 11.6 Å². The van der Waals surface area contributed by atoms with E-state index in [2.05, 4.69) is 0 Å². The molecule has 1 aliphatic carbocycles. The van der Waals surface area contributed by atoms with Crippen molar-refractivity contribution in [3.63, 3.8) is 0 Å². The Morgan fingerprint density at radius 2 is 1.59 bits per heavy atom. The van der Waals surface area contributed by atoms with Crippen LogP contribution in [-0.2, 0) is 22.7 Å². The fraction of sp³-hybridized carbons (Fsp3) is 0.357. The van der Waals surface area contributed by atoms with E-state index in [4.69, 9.17) is 9.47 Å². The Morgan fingerprint density at radius 3 is 2.26 bits per heavy atom. The van der Waals surface area contributed by atoms with Crippen LogP contribution in [0.4, 0.5) is 13.2 Å². The molecule has 0 atom stereocenters. The zero-order valence-electron chi connectivity index (χ0n) is 19.2. The molecule has 1 aliphatic rings. The first-order valence-corrected chi connectivity index (χ1v) is 11.7. The normalized spacial score (nSPS) is 18.2. The second kappa shape index (κ2) is 11.1. The van der Waals surface area contributed by atoms with E-state index in [1.165, 1.54) is 18.2 Å². The fourth-order valence-corrected chi connectivity index (χ4v) is 4.51. The second-order valence-electron chi connectivity index (χ2n) is 8.72. The molecule has 1 saturated carbocycles. The van der Waals surface area contributed by atoms with Crippen LogP contribution in [0.15, 0.2) is 54.6 Å². The van der Waals surface area contributed by atoms with Gasteiger partial charge in [-0.2, -0.15) is 0 Å². The minimum absolute atomic E-state index is 0.0390. The van der Waals surface area contributed by atoms with Crippen molar-refractivity contribution in [3.8, 4) is 16.9 Å². The summed E-state index contributed by atoms with van der Waals surface area (Å²) in [5, 5.41) is 9.42. The molecular weight excluding hydrogens is 441 g/mol. The maximum atomic E-state index is 14.9. The van der Waals surface area contributed by atoms with Gasteiger partial charge < -0.3 is 14.6 Å². The minimum atomic E-state index is -0.871. The van der Waals surface area contributed by atoms with Crippen molar-refractivity contribution in [2.45, 2.75) is 57.8 Å². The summed E-state index contributed by atoms with van der Waals surface area (Å²) in [5.74, 6) is -2.01. The number of hydrogen-bond acceptors (Lipinski definition) is 3. The smallest absolute Gasteiger partial charge is 0.166 e. The molecule has 0 aromatic heterocycles. The van der Waals surface area contributed by atoms with E-state index in [0.717, 1.165) is 5.56 Å². The summed E-state index contributed by atoms with van der Waals surface area (Å²) in [6.45, 7) is 3.03. The average molecular weight is 471 g/mol. The molecule has 34 heavy (non-hydrogen) atoms. The van der Waals surface area contributed by atoms with Crippen molar-refractivity contribution in [2.24, 2.45) is 0 Å². The molecule has 0 saturated heterocycles. The van der Waals surface area contributed by atoms with Gasteiger partial charge in [0.15, 0.2) is 11.6 Å². The number of hydrogen-bond donors (Lipinski definition) is 1. The van der Waals surface area contributed by atoms with E-state index in [-0.39, 0.29) is 35.8 Å². The molecule has 0 unspecified atom stereocenters. The zero-order chi connectivity index (χ0) is 24.1. The highest BCUT2D eigenvalue weighted by atomic mass is 19.2. The predicted octanol–water partition coefficient (Wildman–Crippen LogP) is 7.26. The van der Waals surface area contributed by atoms with E-state index in [9.17, 15) is 18.3 Å². The van der Waals surface area contributed by atoms with Crippen LogP contribution in [0.25, 0.3) is 11.1 Å². The standard InChI is InChI=1S/C28H29F3O3/c1-2-33-16-18-3-4-21(26(29)15-18)17-34-23-11-7-20(8-12-23)25-14-13-24(27(30)28(25)31)19-5-9-22(32)10-6-19/h3-6,9-10,13-15,20,23,32H,2,7-8,11-12,16-17H2,1H3. The van der Waals surface area contributed by atoms with Crippen LogP contribution in [0.3, 0.4) is 0 Å². The molecule has 0 heterocycles. The minimum Gasteiger partial charge on any atom is -0.508 e. The number of benzene rings is 3. The zero-order valence-corrected chi connectivity index (χ0v) is 19.2.